The molecule has 0 amide bonds. The van der Waals surface area contributed by atoms with Crippen LogP contribution >= 0.6 is 0 Å². The molecule has 1 heterocycles. The monoisotopic (exact) mass is 221 g/mol. The smallest absolute Gasteiger partial charge is 0.379 e. The van der Waals surface area contributed by atoms with Crippen molar-refractivity contribution < 1.29 is 18.7 Å². The number of esters is 1. The van der Waals surface area contributed by atoms with E-state index in [-0.39, 0.29) is 5.57 Å². The number of aliphatic imine (C=N–C) groups is 1. The van der Waals surface area contributed by atoms with E-state index in [1.165, 1.54) is 24.4 Å². The Kier molecular flexibility index (Phi) is 2.52. The number of ether oxygens (including phenoxy) is 1. The van der Waals surface area contributed by atoms with E-state index in [4.69, 9.17) is 0 Å². The van der Waals surface area contributed by atoms with Crippen molar-refractivity contribution in [2.75, 3.05) is 7.11 Å². The molecule has 1 aliphatic carbocycles. The predicted molar refractivity (Wildman–Crippen MR) is 54.4 cm³/mol. The van der Waals surface area contributed by atoms with Gasteiger partial charge in [-0.1, -0.05) is 6.08 Å². The molecule has 0 aromatic carbocycles. The summed E-state index contributed by atoms with van der Waals surface area (Å²) in [4.78, 5) is 26.5. The number of fused-ring (bicyclic) bond motifs is 1. The van der Waals surface area contributed by atoms with E-state index in [0.29, 0.717) is 5.71 Å². The summed E-state index contributed by atoms with van der Waals surface area (Å²) in [6.45, 7) is 0. The molecule has 0 radical (unpaired) electrons. The van der Waals surface area contributed by atoms with Crippen molar-refractivity contribution in [2.45, 2.75) is 0 Å². The molecule has 2 aliphatic rings. The van der Waals surface area contributed by atoms with Gasteiger partial charge in [-0.25, -0.2) is 9.18 Å². The number of methoxy groups -OCH3 is 1. The molecular weight excluding hydrogens is 213 g/mol. The summed E-state index contributed by atoms with van der Waals surface area (Å²) in [7, 11) is 1.13. The number of ketones is 1. The highest BCUT2D eigenvalue weighted by atomic mass is 19.1. The van der Waals surface area contributed by atoms with Crippen LogP contribution in [0.25, 0.3) is 0 Å². The molecule has 0 aromatic heterocycles. The Bertz CT molecular complexity index is 485. The molecule has 0 saturated carbocycles. The molecule has 5 heteroatoms. The number of allylic oxidation sites excluding steroid dienone is 4. The first-order valence-electron chi connectivity index (χ1n) is 4.59. The van der Waals surface area contributed by atoms with Crippen molar-refractivity contribution in [1.29, 1.82) is 0 Å². The highest BCUT2D eigenvalue weighted by Gasteiger charge is 2.32. The molecule has 1 aliphatic heterocycles. The van der Waals surface area contributed by atoms with Crippen LogP contribution in [-0.4, -0.2) is 24.6 Å². The molecule has 0 unspecified atom stereocenters. The highest BCUT2D eigenvalue weighted by Crippen LogP contribution is 2.27. The number of carbonyl (C=O) groups is 2. The molecule has 4 nitrogen and oxygen atoms in total. The second-order valence-electron chi connectivity index (χ2n) is 3.33. The minimum Gasteiger partial charge on any atom is -0.463 e. The maximum Gasteiger partial charge on any atom is 0.379 e. The molecule has 0 aromatic rings. The summed E-state index contributed by atoms with van der Waals surface area (Å²) in [6.07, 6.45) is 5.25. The van der Waals surface area contributed by atoms with Crippen LogP contribution < -0.4 is 0 Å². The Morgan fingerprint density at radius 3 is 2.94 bits per heavy atom. The number of hydrogen-bond acceptors (Lipinski definition) is 4. The fourth-order valence-corrected chi connectivity index (χ4v) is 1.58. The standard InChI is InChI=1S/C11H8FNO3/c1-16-11(15)10(14)8-5-13-9-4-6(12)2-3-7(8)9/h2-5,7H,1H3/t7-/m0/s1. The molecule has 82 valence electrons. The van der Waals surface area contributed by atoms with E-state index in [1.807, 2.05) is 0 Å². The minimum absolute atomic E-state index is 0.210. The van der Waals surface area contributed by atoms with Gasteiger partial charge in [-0.2, -0.15) is 0 Å². The van der Waals surface area contributed by atoms with E-state index < -0.39 is 23.5 Å². The van der Waals surface area contributed by atoms with E-state index in [9.17, 15) is 14.0 Å². The Morgan fingerprint density at radius 1 is 1.50 bits per heavy atom. The van der Waals surface area contributed by atoms with Crippen LogP contribution in [0.4, 0.5) is 4.39 Å². The molecular formula is C11H8FNO3. The number of rotatable bonds is 2. The zero-order chi connectivity index (χ0) is 11.7. The quantitative estimate of drug-likeness (QED) is 0.518. The third-order valence-corrected chi connectivity index (χ3v) is 2.37. The Balaban J connectivity index is 2.23. The van der Waals surface area contributed by atoms with Crippen LogP contribution in [0.2, 0.25) is 0 Å². The Hall–Kier alpha value is -2.04. The third kappa shape index (κ3) is 1.60. The Labute approximate surface area is 90.8 Å². The maximum atomic E-state index is 12.9. The summed E-state index contributed by atoms with van der Waals surface area (Å²) < 4.78 is 17.2. The van der Waals surface area contributed by atoms with Gasteiger partial charge < -0.3 is 4.74 Å². The summed E-state index contributed by atoms with van der Waals surface area (Å²) in [5.41, 5.74) is 0.633. The van der Waals surface area contributed by atoms with Crippen LogP contribution in [0, 0.1) is 5.92 Å². The van der Waals surface area contributed by atoms with Gasteiger partial charge in [0.2, 0.25) is 0 Å². The van der Waals surface area contributed by atoms with Crippen molar-refractivity contribution in [1.82, 2.24) is 0 Å². The van der Waals surface area contributed by atoms with Crippen molar-refractivity contribution in [2.24, 2.45) is 10.9 Å². The topological polar surface area (TPSA) is 55.7 Å². The SMILES string of the molecule is COC(=O)C(=O)C1=CN=C2C=C(F)C=C[C@@H]12. The second kappa shape index (κ2) is 3.84. The number of carbonyl (C=O) groups excluding carboxylic acids is 2. The fraction of sp³-hybridized carbons (Fsp3) is 0.182. The highest BCUT2D eigenvalue weighted by molar-refractivity contribution is 6.42. The van der Waals surface area contributed by atoms with Crippen LogP contribution in [0.15, 0.2) is 40.8 Å². The van der Waals surface area contributed by atoms with E-state index in [2.05, 4.69) is 9.73 Å². The van der Waals surface area contributed by atoms with E-state index in [1.54, 1.807) is 0 Å². The zero-order valence-electron chi connectivity index (χ0n) is 8.44. The van der Waals surface area contributed by atoms with Crippen molar-refractivity contribution in [3.05, 3.63) is 35.8 Å². The normalized spacial score (nSPS) is 21.9. The van der Waals surface area contributed by atoms with E-state index in [0.717, 1.165) is 7.11 Å². The number of nitrogens with zero attached hydrogens (tertiary/aromatic N) is 1. The molecule has 0 N–H and O–H groups in total. The maximum absolute atomic E-state index is 12.9. The van der Waals surface area contributed by atoms with Gasteiger partial charge in [0.25, 0.3) is 5.78 Å². The molecule has 2 rings (SSSR count). The summed E-state index contributed by atoms with van der Waals surface area (Å²) in [6, 6.07) is 0. The molecule has 0 bridgehead atoms. The third-order valence-electron chi connectivity index (χ3n) is 2.37. The second-order valence-corrected chi connectivity index (χ2v) is 3.33. The van der Waals surface area contributed by atoms with Crippen LogP contribution in [-0.2, 0) is 14.3 Å². The lowest BCUT2D eigenvalue weighted by atomic mass is 9.90. The number of Topliss-reactive ketones (excluding diaryl/α,β-unsaturated/α-hetero) is 1. The number of halogens is 1. The van der Waals surface area contributed by atoms with Gasteiger partial charge in [-0.3, -0.25) is 9.79 Å². The van der Waals surface area contributed by atoms with Gasteiger partial charge in [0.15, 0.2) is 0 Å². The number of hydrogen-bond donors (Lipinski definition) is 0. The van der Waals surface area contributed by atoms with Gasteiger partial charge in [0, 0.05) is 11.8 Å². The summed E-state index contributed by atoms with van der Waals surface area (Å²) in [5, 5.41) is 0. The summed E-state index contributed by atoms with van der Waals surface area (Å²) in [5.74, 6) is -2.54. The van der Waals surface area contributed by atoms with Crippen molar-refractivity contribution >= 4 is 17.5 Å². The van der Waals surface area contributed by atoms with Crippen LogP contribution in [0.1, 0.15) is 0 Å². The lowest BCUT2D eigenvalue weighted by Gasteiger charge is -2.12. The van der Waals surface area contributed by atoms with E-state index >= 15 is 0 Å². The van der Waals surface area contributed by atoms with Gasteiger partial charge in [-0.15, -0.1) is 0 Å². The van der Waals surface area contributed by atoms with Gasteiger partial charge in [0.1, 0.15) is 5.83 Å². The van der Waals surface area contributed by atoms with Gasteiger partial charge in [0.05, 0.1) is 18.7 Å². The fourth-order valence-electron chi connectivity index (χ4n) is 1.58. The van der Waals surface area contributed by atoms with Gasteiger partial charge in [-0.05, 0) is 12.2 Å². The zero-order valence-corrected chi connectivity index (χ0v) is 8.44. The first kappa shape index (κ1) is 10.5. The Morgan fingerprint density at radius 2 is 2.25 bits per heavy atom. The van der Waals surface area contributed by atoms with Crippen LogP contribution in [0.5, 0.6) is 0 Å². The average Bonchev–Trinajstić information content (AvgIpc) is 2.69. The molecule has 1 atom stereocenters. The van der Waals surface area contributed by atoms with Crippen LogP contribution in [0.3, 0.4) is 0 Å². The molecule has 0 fully saturated rings. The van der Waals surface area contributed by atoms with Gasteiger partial charge >= 0.3 is 5.97 Å². The molecule has 0 saturated heterocycles. The summed E-state index contributed by atoms with van der Waals surface area (Å²) >= 11 is 0. The lowest BCUT2D eigenvalue weighted by Crippen LogP contribution is -2.24. The molecule has 0 spiro atoms. The van der Waals surface area contributed by atoms with Crippen molar-refractivity contribution in [3.63, 3.8) is 0 Å². The van der Waals surface area contributed by atoms with Crippen molar-refractivity contribution in [3.8, 4) is 0 Å². The average molecular weight is 221 g/mol. The first-order chi connectivity index (χ1) is 7.63. The largest absolute Gasteiger partial charge is 0.463 e. The minimum atomic E-state index is -0.939. The predicted octanol–water partition coefficient (Wildman–Crippen LogP) is 1.11. The lowest BCUT2D eigenvalue weighted by molar-refractivity contribution is -0.149. The first-order valence-corrected chi connectivity index (χ1v) is 4.59. The molecule has 16 heavy (non-hydrogen) atoms.